The van der Waals surface area contributed by atoms with Crippen molar-refractivity contribution in [1.29, 1.82) is 0 Å². The minimum Gasteiger partial charge on any atom is -0.337 e. The molecule has 3 atom stereocenters. The number of amides is 1. The Morgan fingerprint density at radius 3 is 2.64 bits per heavy atom. The summed E-state index contributed by atoms with van der Waals surface area (Å²) < 4.78 is 0. The van der Waals surface area contributed by atoms with Crippen LogP contribution in [-0.2, 0) is 11.3 Å². The number of carbonyl (C=O) groups is 1. The van der Waals surface area contributed by atoms with Crippen molar-refractivity contribution in [2.75, 3.05) is 19.6 Å². The first-order valence-corrected chi connectivity index (χ1v) is 10.1. The van der Waals surface area contributed by atoms with Gasteiger partial charge in [0.1, 0.15) is 0 Å². The highest BCUT2D eigenvalue weighted by Gasteiger charge is 2.47. The van der Waals surface area contributed by atoms with Gasteiger partial charge in [0.15, 0.2) is 0 Å². The number of thiophene rings is 1. The predicted molar refractivity (Wildman–Crippen MR) is 103 cm³/mol. The Morgan fingerprint density at radius 2 is 1.96 bits per heavy atom. The highest BCUT2D eigenvalue weighted by atomic mass is 32.1. The van der Waals surface area contributed by atoms with Crippen LogP contribution in [0, 0.1) is 12.8 Å². The van der Waals surface area contributed by atoms with Crippen molar-refractivity contribution >= 4 is 17.2 Å². The van der Waals surface area contributed by atoms with Crippen molar-refractivity contribution in [3.8, 4) is 0 Å². The molecule has 25 heavy (non-hydrogen) atoms. The Hall–Kier alpha value is -1.65. The first-order valence-electron chi connectivity index (χ1n) is 9.25. The summed E-state index contributed by atoms with van der Waals surface area (Å²) in [5, 5.41) is 0. The molecular weight excluding hydrogens is 328 g/mol. The van der Waals surface area contributed by atoms with E-state index in [4.69, 9.17) is 0 Å². The minimum atomic E-state index is 0.223. The summed E-state index contributed by atoms with van der Waals surface area (Å²) in [5.41, 5.74) is 1.35. The summed E-state index contributed by atoms with van der Waals surface area (Å²) in [5.74, 6) is 1.07. The second kappa shape index (κ2) is 6.93. The van der Waals surface area contributed by atoms with Crippen LogP contribution < -0.4 is 0 Å². The van der Waals surface area contributed by atoms with Crippen LogP contribution in [0.3, 0.4) is 0 Å². The molecular formula is C21H26N2OS. The smallest absolute Gasteiger partial charge is 0.226 e. The molecule has 1 amide bonds. The third-order valence-electron chi connectivity index (χ3n) is 5.48. The SMILES string of the molecule is Cc1ccc(C2CC2C(=O)N2CCN(Cc3ccccc3)CC2C)s1. The number of hydrogen-bond donors (Lipinski definition) is 0. The molecule has 0 radical (unpaired) electrons. The lowest BCUT2D eigenvalue weighted by molar-refractivity contribution is -0.137. The maximum Gasteiger partial charge on any atom is 0.226 e. The molecule has 0 spiro atoms. The summed E-state index contributed by atoms with van der Waals surface area (Å²) in [4.78, 5) is 20.3. The number of carbonyl (C=O) groups excluding carboxylic acids is 1. The minimum absolute atomic E-state index is 0.223. The quantitative estimate of drug-likeness (QED) is 0.831. The van der Waals surface area contributed by atoms with Gasteiger partial charge in [0.25, 0.3) is 0 Å². The van der Waals surface area contributed by atoms with E-state index in [1.165, 1.54) is 15.3 Å². The van der Waals surface area contributed by atoms with E-state index in [0.29, 0.717) is 17.9 Å². The van der Waals surface area contributed by atoms with Gasteiger partial charge in [-0.25, -0.2) is 0 Å². The molecule has 1 saturated carbocycles. The highest BCUT2D eigenvalue weighted by Crippen LogP contribution is 2.50. The molecule has 0 N–H and O–H groups in total. The first kappa shape index (κ1) is 16.8. The van der Waals surface area contributed by atoms with Crippen LogP contribution in [0.1, 0.15) is 34.6 Å². The lowest BCUT2D eigenvalue weighted by Gasteiger charge is -2.40. The second-order valence-electron chi connectivity index (χ2n) is 7.50. The van der Waals surface area contributed by atoms with Crippen LogP contribution in [0.15, 0.2) is 42.5 Å². The average Bonchev–Trinajstić information content (AvgIpc) is 3.29. The Morgan fingerprint density at radius 1 is 1.16 bits per heavy atom. The van der Waals surface area contributed by atoms with Gasteiger partial charge in [-0.2, -0.15) is 0 Å². The standard InChI is InChI=1S/C21H26N2OS/c1-15-13-22(14-17-6-4-3-5-7-17)10-11-23(15)21(24)19-12-18(19)20-9-8-16(2)25-20/h3-9,15,18-19H,10-14H2,1-2H3. The molecule has 2 aliphatic rings. The molecule has 2 heterocycles. The molecule has 2 aromatic rings. The number of hydrogen-bond acceptors (Lipinski definition) is 3. The van der Waals surface area contributed by atoms with Crippen LogP contribution >= 0.6 is 11.3 Å². The molecule has 4 heteroatoms. The van der Waals surface area contributed by atoms with E-state index in [1.54, 1.807) is 0 Å². The maximum atomic E-state index is 12.9. The van der Waals surface area contributed by atoms with Crippen LogP contribution in [0.25, 0.3) is 0 Å². The molecule has 1 saturated heterocycles. The summed E-state index contributed by atoms with van der Waals surface area (Å²) in [6.45, 7) is 8.12. The lowest BCUT2D eigenvalue weighted by Crippen LogP contribution is -2.54. The van der Waals surface area contributed by atoms with Crippen molar-refractivity contribution in [2.24, 2.45) is 5.92 Å². The Bertz CT molecular complexity index is 741. The second-order valence-corrected chi connectivity index (χ2v) is 8.82. The largest absolute Gasteiger partial charge is 0.337 e. The van der Waals surface area contributed by atoms with Crippen molar-refractivity contribution < 1.29 is 4.79 Å². The van der Waals surface area contributed by atoms with E-state index in [0.717, 1.165) is 32.6 Å². The summed E-state index contributed by atoms with van der Waals surface area (Å²) in [6.07, 6.45) is 1.04. The zero-order valence-electron chi connectivity index (χ0n) is 15.0. The van der Waals surface area contributed by atoms with Crippen LogP contribution in [0.5, 0.6) is 0 Å². The van der Waals surface area contributed by atoms with E-state index in [2.05, 4.69) is 66.1 Å². The topological polar surface area (TPSA) is 23.6 Å². The van der Waals surface area contributed by atoms with E-state index < -0.39 is 0 Å². The van der Waals surface area contributed by atoms with Gasteiger partial charge in [-0.05, 0) is 38.0 Å². The molecule has 1 aliphatic heterocycles. The number of benzene rings is 1. The molecule has 1 aromatic carbocycles. The third-order valence-corrected chi connectivity index (χ3v) is 6.61. The maximum absolute atomic E-state index is 12.9. The Labute approximate surface area is 154 Å². The molecule has 1 aliphatic carbocycles. The van der Waals surface area contributed by atoms with E-state index in [-0.39, 0.29) is 5.92 Å². The fraction of sp³-hybridized carbons (Fsp3) is 0.476. The van der Waals surface area contributed by atoms with Crippen LogP contribution in [0.2, 0.25) is 0 Å². The first-order chi connectivity index (χ1) is 12.1. The fourth-order valence-electron chi connectivity index (χ4n) is 3.99. The summed E-state index contributed by atoms with van der Waals surface area (Å²) in [7, 11) is 0. The van der Waals surface area contributed by atoms with Crippen LogP contribution in [-0.4, -0.2) is 41.4 Å². The number of rotatable bonds is 4. The summed E-state index contributed by atoms with van der Waals surface area (Å²) in [6, 6.07) is 15.3. The van der Waals surface area contributed by atoms with Crippen molar-refractivity contribution in [3.05, 3.63) is 57.8 Å². The number of nitrogens with zero attached hydrogens (tertiary/aromatic N) is 2. The molecule has 3 nitrogen and oxygen atoms in total. The van der Waals surface area contributed by atoms with Gasteiger partial charge in [-0.15, -0.1) is 11.3 Å². The normalized spacial score (nSPS) is 26.6. The van der Waals surface area contributed by atoms with Crippen molar-refractivity contribution in [2.45, 2.75) is 38.8 Å². The van der Waals surface area contributed by atoms with E-state index in [9.17, 15) is 4.79 Å². The van der Waals surface area contributed by atoms with Gasteiger partial charge in [-0.1, -0.05) is 30.3 Å². The molecule has 3 unspecified atom stereocenters. The van der Waals surface area contributed by atoms with Gasteiger partial charge in [0.2, 0.25) is 5.91 Å². The van der Waals surface area contributed by atoms with Gasteiger partial charge in [0, 0.05) is 53.8 Å². The fourth-order valence-corrected chi connectivity index (χ4v) is 5.05. The molecule has 2 fully saturated rings. The molecule has 4 rings (SSSR count). The molecule has 0 bridgehead atoms. The highest BCUT2D eigenvalue weighted by molar-refractivity contribution is 7.12. The van der Waals surface area contributed by atoms with Gasteiger partial charge in [0.05, 0.1) is 0 Å². The van der Waals surface area contributed by atoms with E-state index >= 15 is 0 Å². The lowest BCUT2D eigenvalue weighted by atomic mass is 10.1. The van der Waals surface area contributed by atoms with Crippen molar-refractivity contribution in [3.63, 3.8) is 0 Å². The Kier molecular flexibility index (Phi) is 4.65. The summed E-state index contributed by atoms with van der Waals surface area (Å²) >= 11 is 1.85. The zero-order valence-corrected chi connectivity index (χ0v) is 15.8. The number of aryl methyl sites for hydroxylation is 1. The predicted octanol–water partition coefficient (Wildman–Crippen LogP) is 3.89. The molecule has 132 valence electrons. The van der Waals surface area contributed by atoms with Crippen LogP contribution in [0.4, 0.5) is 0 Å². The van der Waals surface area contributed by atoms with Gasteiger partial charge < -0.3 is 4.90 Å². The zero-order chi connectivity index (χ0) is 17.4. The van der Waals surface area contributed by atoms with Crippen molar-refractivity contribution in [1.82, 2.24) is 9.80 Å². The number of piperazine rings is 1. The molecule has 1 aromatic heterocycles. The van der Waals surface area contributed by atoms with E-state index in [1.807, 2.05) is 11.3 Å². The monoisotopic (exact) mass is 354 g/mol. The Balaban J connectivity index is 1.33. The average molecular weight is 355 g/mol. The third kappa shape index (κ3) is 3.65. The van der Waals surface area contributed by atoms with Gasteiger partial charge in [-0.3, -0.25) is 9.69 Å². The van der Waals surface area contributed by atoms with Gasteiger partial charge >= 0.3 is 0 Å².